The Bertz CT molecular complexity index is 920. The molecule has 5 nitrogen and oxygen atoms in total. The predicted octanol–water partition coefficient (Wildman–Crippen LogP) is 5.44. The Hall–Kier alpha value is -2.53. The molecule has 1 aliphatic carbocycles. The van der Waals surface area contributed by atoms with E-state index in [-0.39, 0.29) is 29.7 Å². The van der Waals surface area contributed by atoms with Gasteiger partial charge in [-0.3, -0.25) is 9.80 Å². The number of carbonyl (C=O) groups excluding carboxylic acids is 1. The monoisotopic (exact) mass is 425 g/mol. The molecule has 1 fully saturated rings. The highest BCUT2D eigenvalue weighted by molar-refractivity contribution is 6.40. The van der Waals surface area contributed by atoms with Crippen molar-refractivity contribution in [3.8, 4) is 5.75 Å². The van der Waals surface area contributed by atoms with Crippen LogP contribution in [-0.4, -0.2) is 22.8 Å². The molecule has 2 aromatic carbocycles. The molecular formula is C24H28ClN3O2. The lowest BCUT2D eigenvalue weighted by Crippen LogP contribution is -2.40. The molecule has 1 heterocycles. The van der Waals surface area contributed by atoms with Crippen molar-refractivity contribution < 1.29 is 9.90 Å². The van der Waals surface area contributed by atoms with Crippen LogP contribution in [0.3, 0.4) is 0 Å². The van der Waals surface area contributed by atoms with Crippen LogP contribution in [0.1, 0.15) is 57.1 Å². The van der Waals surface area contributed by atoms with E-state index in [1.54, 1.807) is 12.1 Å². The van der Waals surface area contributed by atoms with Gasteiger partial charge in [0.15, 0.2) is 0 Å². The van der Waals surface area contributed by atoms with Crippen LogP contribution in [-0.2, 0) is 4.79 Å². The van der Waals surface area contributed by atoms with Crippen LogP contribution in [0.25, 0.3) is 0 Å². The first kappa shape index (κ1) is 20.7. The first-order valence-electron chi connectivity index (χ1n) is 10.8. The second-order valence-corrected chi connectivity index (χ2v) is 8.68. The van der Waals surface area contributed by atoms with Gasteiger partial charge < -0.3 is 10.4 Å². The summed E-state index contributed by atoms with van der Waals surface area (Å²) >= 11 is 6.48. The smallest absolute Gasteiger partial charge is 0.268 e. The molecule has 1 amide bonds. The van der Waals surface area contributed by atoms with Crippen LogP contribution in [0.15, 0.2) is 53.6 Å². The van der Waals surface area contributed by atoms with Gasteiger partial charge in [-0.05, 0) is 42.7 Å². The van der Waals surface area contributed by atoms with Gasteiger partial charge in [0.2, 0.25) is 0 Å². The third-order valence-corrected chi connectivity index (χ3v) is 6.46. The van der Waals surface area contributed by atoms with E-state index < -0.39 is 0 Å². The van der Waals surface area contributed by atoms with Crippen molar-refractivity contribution in [1.29, 1.82) is 0 Å². The number of hydrazone groups is 1. The van der Waals surface area contributed by atoms with E-state index in [0.717, 1.165) is 36.9 Å². The van der Waals surface area contributed by atoms with Crippen LogP contribution in [0.4, 0.5) is 5.69 Å². The summed E-state index contributed by atoms with van der Waals surface area (Å²) < 4.78 is 0. The van der Waals surface area contributed by atoms with Gasteiger partial charge in [-0.1, -0.05) is 68.5 Å². The normalized spacial score (nSPS) is 22.5. The zero-order chi connectivity index (χ0) is 21.1. The van der Waals surface area contributed by atoms with Crippen LogP contribution in [0.5, 0.6) is 5.75 Å². The number of halogens is 1. The van der Waals surface area contributed by atoms with Crippen LogP contribution in [0, 0.1) is 5.92 Å². The van der Waals surface area contributed by atoms with E-state index in [1.807, 2.05) is 48.3 Å². The molecule has 1 saturated carbocycles. The Labute approximate surface area is 182 Å². The summed E-state index contributed by atoms with van der Waals surface area (Å²) in [5.74, 6) is -0.00901. The maximum Gasteiger partial charge on any atom is 0.268 e. The topological polar surface area (TPSA) is 64.9 Å². The Morgan fingerprint density at radius 1 is 1.07 bits per heavy atom. The van der Waals surface area contributed by atoms with E-state index in [9.17, 15) is 9.90 Å². The summed E-state index contributed by atoms with van der Waals surface area (Å²) in [6.07, 6.45) is 6.87. The number of nitrogens with one attached hydrogen (secondary N) is 1. The Morgan fingerprint density at radius 3 is 2.40 bits per heavy atom. The molecule has 6 heteroatoms. The molecule has 158 valence electrons. The lowest BCUT2D eigenvalue weighted by atomic mass is 9.90. The molecule has 4 rings (SSSR count). The highest BCUT2D eigenvalue weighted by Crippen LogP contribution is 2.42. The first-order valence-corrected chi connectivity index (χ1v) is 11.1. The summed E-state index contributed by atoms with van der Waals surface area (Å²) in [7, 11) is 0. The number of amides is 1. The van der Waals surface area contributed by atoms with E-state index in [2.05, 4.69) is 5.32 Å². The predicted molar refractivity (Wildman–Crippen MR) is 121 cm³/mol. The number of phenolic OH excluding ortho intramolecular Hbond substituents is 1. The van der Waals surface area contributed by atoms with Gasteiger partial charge in [-0.2, -0.15) is 5.10 Å². The number of hydrogen-bond donors (Lipinski definition) is 2. The first-order chi connectivity index (χ1) is 14.5. The van der Waals surface area contributed by atoms with Crippen molar-refractivity contribution >= 4 is 28.9 Å². The fourth-order valence-corrected chi connectivity index (χ4v) is 4.73. The molecule has 1 aliphatic heterocycles. The second kappa shape index (κ2) is 9.09. The molecule has 30 heavy (non-hydrogen) atoms. The van der Waals surface area contributed by atoms with Crippen molar-refractivity contribution in [2.24, 2.45) is 11.0 Å². The highest BCUT2D eigenvalue weighted by Gasteiger charge is 2.40. The number of anilines is 1. The minimum absolute atomic E-state index is 0.0901. The molecule has 0 aromatic heterocycles. The van der Waals surface area contributed by atoms with Crippen molar-refractivity contribution in [1.82, 2.24) is 5.32 Å². The fourth-order valence-electron chi connectivity index (χ4n) is 4.51. The number of phenols is 1. The third kappa shape index (κ3) is 4.31. The Kier molecular flexibility index (Phi) is 6.28. The largest absolute Gasteiger partial charge is 0.508 e. The lowest BCUT2D eigenvalue weighted by molar-refractivity contribution is -0.115. The standard InChI is InChI=1S/C24H28ClN3O2/c1-16-22(24(30)26-18-8-4-2-3-5-9-18)27-28(21-11-7-6-10-20(21)25)23(16)17-12-14-19(29)15-13-17/h6-7,10-16,18,23,29H,2-5,8-9H2,1H3,(H,26,30)/t16-,23+/m1/s1. The minimum atomic E-state index is -0.180. The number of rotatable bonds is 4. The van der Waals surface area contributed by atoms with Gasteiger partial charge in [-0.15, -0.1) is 0 Å². The van der Waals surface area contributed by atoms with Crippen molar-refractivity contribution in [2.75, 3.05) is 5.01 Å². The number of nitrogens with zero attached hydrogens (tertiary/aromatic N) is 2. The van der Waals surface area contributed by atoms with Gasteiger partial charge >= 0.3 is 0 Å². The van der Waals surface area contributed by atoms with E-state index in [4.69, 9.17) is 16.7 Å². The molecule has 0 saturated heterocycles. The minimum Gasteiger partial charge on any atom is -0.508 e. The van der Waals surface area contributed by atoms with Gasteiger partial charge in [0.25, 0.3) is 5.91 Å². The Balaban J connectivity index is 1.65. The van der Waals surface area contributed by atoms with Crippen molar-refractivity contribution in [3.05, 3.63) is 59.1 Å². The molecule has 0 radical (unpaired) electrons. The Morgan fingerprint density at radius 2 is 1.73 bits per heavy atom. The third-order valence-electron chi connectivity index (χ3n) is 6.14. The molecule has 0 bridgehead atoms. The van der Waals surface area contributed by atoms with Gasteiger partial charge in [0.05, 0.1) is 16.8 Å². The molecule has 2 N–H and O–H groups in total. The zero-order valence-corrected chi connectivity index (χ0v) is 18.0. The van der Waals surface area contributed by atoms with Gasteiger partial charge in [0, 0.05) is 12.0 Å². The summed E-state index contributed by atoms with van der Waals surface area (Å²) in [6, 6.07) is 14.7. The highest BCUT2D eigenvalue weighted by atomic mass is 35.5. The molecule has 2 aromatic rings. The number of carbonyl (C=O) groups is 1. The quantitative estimate of drug-likeness (QED) is 0.641. The number of aromatic hydroxyl groups is 1. The average molecular weight is 426 g/mol. The summed E-state index contributed by atoms with van der Waals surface area (Å²) in [5.41, 5.74) is 2.26. The van der Waals surface area contributed by atoms with Gasteiger partial charge in [0.1, 0.15) is 11.5 Å². The summed E-state index contributed by atoms with van der Waals surface area (Å²) in [4.78, 5) is 13.2. The van der Waals surface area contributed by atoms with E-state index >= 15 is 0 Å². The lowest BCUT2D eigenvalue weighted by Gasteiger charge is -2.27. The average Bonchev–Trinajstić information content (AvgIpc) is 2.89. The number of para-hydroxylation sites is 1. The molecule has 2 atom stereocenters. The fraction of sp³-hybridized carbons (Fsp3) is 0.417. The van der Waals surface area contributed by atoms with Crippen LogP contribution in [0.2, 0.25) is 5.02 Å². The zero-order valence-electron chi connectivity index (χ0n) is 17.2. The molecular weight excluding hydrogens is 398 g/mol. The summed E-state index contributed by atoms with van der Waals surface area (Å²) in [5, 5.41) is 20.1. The van der Waals surface area contributed by atoms with Crippen LogP contribution < -0.4 is 10.3 Å². The molecule has 0 unspecified atom stereocenters. The summed E-state index contributed by atoms with van der Waals surface area (Å²) in [6.45, 7) is 2.03. The van der Waals surface area contributed by atoms with Crippen molar-refractivity contribution in [2.45, 2.75) is 57.5 Å². The van der Waals surface area contributed by atoms with E-state index in [1.165, 1.54) is 12.8 Å². The SMILES string of the molecule is C[C@@H]1C(C(=O)NC2CCCCCC2)=NN(c2ccccc2Cl)[C@@H]1c1ccc(O)cc1. The maximum absolute atomic E-state index is 13.2. The second-order valence-electron chi connectivity index (χ2n) is 8.27. The number of benzene rings is 2. The van der Waals surface area contributed by atoms with Gasteiger partial charge in [-0.25, -0.2) is 0 Å². The van der Waals surface area contributed by atoms with E-state index in [0.29, 0.717) is 10.7 Å². The maximum atomic E-state index is 13.2. The molecule has 2 aliphatic rings. The number of hydrogen-bond acceptors (Lipinski definition) is 4. The van der Waals surface area contributed by atoms with Crippen molar-refractivity contribution in [3.63, 3.8) is 0 Å². The van der Waals surface area contributed by atoms with Crippen LogP contribution >= 0.6 is 11.6 Å². The molecule has 0 spiro atoms.